The van der Waals surface area contributed by atoms with Crippen molar-refractivity contribution in [1.29, 1.82) is 0 Å². The molecule has 1 aromatic rings. The standard InChI is InChI=1S/C13H15N3O6/c1-4-22-12(19)9-6(2)15-7(10(9)11(18)21-3)5-8(17)16(15)13(14)20/h4-5H2,1-3H3,(H2,14,20). The van der Waals surface area contributed by atoms with Crippen LogP contribution in [0.2, 0.25) is 0 Å². The number of hydrogen-bond donors (Lipinski definition) is 1. The second-order valence-electron chi connectivity index (χ2n) is 4.53. The van der Waals surface area contributed by atoms with Crippen LogP contribution in [0.25, 0.3) is 0 Å². The second kappa shape index (κ2) is 5.51. The van der Waals surface area contributed by atoms with Gasteiger partial charge in [0.25, 0.3) is 5.91 Å². The number of fused-ring (bicyclic) bond motifs is 1. The molecule has 0 aromatic carbocycles. The van der Waals surface area contributed by atoms with Crippen LogP contribution in [-0.4, -0.2) is 42.3 Å². The Labute approximate surface area is 125 Å². The minimum Gasteiger partial charge on any atom is -0.465 e. The van der Waals surface area contributed by atoms with Crippen LogP contribution < -0.4 is 10.7 Å². The summed E-state index contributed by atoms with van der Waals surface area (Å²) in [7, 11) is 1.15. The van der Waals surface area contributed by atoms with Crippen LogP contribution in [0.4, 0.5) is 4.79 Å². The Kier molecular flexibility index (Phi) is 3.89. The van der Waals surface area contributed by atoms with Crippen molar-refractivity contribution in [3.8, 4) is 0 Å². The summed E-state index contributed by atoms with van der Waals surface area (Å²) in [6.45, 7) is 3.21. The van der Waals surface area contributed by atoms with E-state index in [1.165, 1.54) is 6.92 Å². The van der Waals surface area contributed by atoms with Crippen molar-refractivity contribution in [2.24, 2.45) is 5.73 Å². The molecule has 0 aliphatic carbocycles. The molecule has 2 N–H and O–H groups in total. The third kappa shape index (κ3) is 2.10. The van der Waals surface area contributed by atoms with Gasteiger partial charge in [0.1, 0.15) is 0 Å². The largest absolute Gasteiger partial charge is 0.465 e. The molecule has 0 spiro atoms. The molecule has 1 aliphatic rings. The highest BCUT2D eigenvalue weighted by atomic mass is 16.5. The highest BCUT2D eigenvalue weighted by Gasteiger charge is 2.41. The summed E-state index contributed by atoms with van der Waals surface area (Å²) >= 11 is 0. The van der Waals surface area contributed by atoms with Gasteiger partial charge in [-0.2, -0.15) is 5.01 Å². The molecule has 9 heteroatoms. The van der Waals surface area contributed by atoms with Crippen LogP contribution in [0, 0.1) is 6.92 Å². The number of methoxy groups -OCH3 is 1. The number of esters is 2. The molecule has 1 aromatic heterocycles. The Bertz CT molecular complexity index is 690. The first-order valence-electron chi connectivity index (χ1n) is 6.47. The van der Waals surface area contributed by atoms with Crippen molar-refractivity contribution in [2.45, 2.75) is 20.3 Å². The van der Waals surface area contributed by atoms with Crippen molar-refractivity contribution < 1.29 is 28.7 Å². The molecule has 0 saturated carbocycles. The zero-order valence-electron chi connectivity index (χ0n) is 12.3. The van der Waals surface area contributed by atoms with Crippen LogP contribution in [0.1, 0.15) is 39.0 Å². The number of carbonyl (C=O) groups excluding carboxylic acids is 4. The van der Waals surface area contributed by atoms with Crippen LogP contribution in [0.15, 0.2) is 0 Å². The molecule has 0 fully saturated rings. The van der Waals surface area contributed by atoms with Gasteiger partial charge in [0.2, 0.25) is 0 Å². The van der Waals surface area contributed by atoms with E-state index in [2.05, 4.69) is 4.74 Å². The Morgan fingerprint density at radius 1 is 1.23 bits per heavy atom. The van der Waals surface area contributed by atoms with E-state index in [9.17, 15) is 19.2 Å². The van der Waals surface area contributed by atoms with Crippen molar-refractivity contribution >= 4 is 23.9 Å². The molecular formula is C13H15N3O6. The lowest BCUT2D eigenvalue weighted by atomic mass is 10.1. The Balaban J connectivity index is 2.72. The molecule has 0 radical (unpaired) electrons. The molecule has 1 aliphatic heterocycles. The molecule has 2 heterocycles. The Hall–Kier alpha value is -2.84. The van der Waals surface area contributed by atoms with E-state index in [-0.39, 0.29) is 35.5 Å². The molecule has 3 amide bonds. The molecule has 0 unspecified atom stereocenters. The van der Waals surface area contributed by atoms with Crippen molar-refractivity contribution in [3.63, 3.8) is 0 Å². The third-order valence-electron chi connectivity index (χ3n) is 3.31. The fraction of sp³-hybridized carbons (Fsp3) is 0.385. The lowest BCUT2D eigenvalue weighted by Crippen LogP contribution is -2.45. The number of hydrogen-bond acceptors (Lipinski definition) is 6. The number of nitrogens with two attached hydrogens (primary N) is 1. The summed E-state index contributed by atoms with van der Waals surface area (Å²) in [5.74, 6) is -2.12. The molecule has 22 heavy (non-hydrogen) atoms. The zero-order chi connectivity index (χ0) is 16.6. The molecule has 9 nitrogen and oxygen atoms in total. The van der Waals surface area contributed by atoms with Crippen LogP contribution in [0.3, 0.4) is 0 Å². The lowest BCUT2D eigenvalue weighted by Gasteiger charge is -2.15. The summed E-state index contributed by atoms with van der Waals surface area (Å²) < 4.78 is 10.7. The van der Waals surface area contributed by atoms with Gasteiger partial charge in [-0.15, -0.1) is 0 Å². The number of rotatable bonds is 3. The van der Waals surface area contributed by atoms with Gasteiger partial charge in [-0.3, -0.25) is 4.79 Å². The number of nitrogens with zero attached hydrogens (tertiary/aromatic N) is 2. The molecule has 0 atom stereocenters. The second-order valence-corrected chi connectivity index (χ2v) is 4.53. The Morgan fingerprint density at radius 3 is 2.36 bits per heavy atom. The average Bonchev–Trinajstić information content (AvgIpc) is 2.92. The van der Waals surface area contributed by atoms with Gasteiger partial charge in [0.05, 0.1) is 42.7 Å². The minimum absolute atomic E-state index is 0.0394. The van der Waals surface area contributed by atoms with Crippen molar-refractivity contribution in [2.75, 3.05) is 18.7 Å². The number of carbonyl (C=O) groups is 4. The fourth-order valence-corrected chi connectivity index (χ4v) is 2.50. The number of primary amides is 1. The number of ether oxygens (including phenoxy) is 2. The van der Waals surface area contributed by atoms with E-state index in [4.69, 9.17) is 10.5 Å². The first-order chi connectivity index (χ1) is 10.3. The van der Waals surface area contributed by atoms with Crippen LogP contribution >= 0.6 is 0 Å². The first kappa shape index (κ1) is 15.5. The number of urea groups is 1. The topological polar surface area (TPSA) is 121 Å². The van der Waals surface area contributed by atoms with Gasteiger partial charge in [0.15, 0.2) is 0 Å². The minimum atomic E-state index is -1.01. The predicted octanol–water partition coefficient (Wildman–Crippen LogP) is -0.141. The highest BCUT2D eigenvalue weighted by Crippen LogP contribution is 2.29. The van der Waals surface area contributed by atoms with E-state index in [1.807, 2.05) is 0 Å². The Morgan fingerprint density at radius 2 is 1.86 bits per heavy atom. The number of aromatic nitrogens is 1. The van der Waals surface area contributed by atoms with E-state index in [1.54, 1.807) is 6.92 Å². The molecule has 2 rings (SSSR count). The van der Waals surface area contributed by atoms with Gasteiger partial charge < -0.3 is 15.2 Å². The van der Waals surface area contributed by atoms with E-state index in [0.717, 1.165) is 11.8 Å². The molecular weight excluding hydrogens is 294 g/mol. The number of imide groups is 1. The third-order valence-corrected chi connectivity index (χ3v) is 3.31. The summed E-state index contributed by atoms with van der Waals surface area (Å²) in [6, 6.07) is -1.01. The molecule has 0 saturated heterocycles. The van der Waals surface area contributed by atoms with E-state index < -0.39 is 23.9 Å². The molecule has 0 bridgehead atoms. The summed E-state index contributed by atoms with van der Waals surface area (Å²) in [5.41, 5.74) is 5.44. The van der Waals surface area contributed by atoms with E-state index in [0.29, 0.717) is 5.01 Å². The molecule has 118 valence electrons. The quantitative estimate of drug-likeness (QED) is 0.776. The normalized spacial score (nSPS) is 13.0. The first-order valence-corrected chi connectivity index (χ1v) is 6.47. The van der Waals surface area contributed by atoms with E-state index >= 15 is 0 Å². The fourth-order valence-electron chi connectivity index (χ4n) is 2.50. The maximum Gasteiger partial charge on any atom is 0.341 e. The van der Waals surface area contributed by atoms with Gasteiger partial charge in [0, 0.05) is 0 Å². The van der Waals surface area contributed by atoms with Crippen molar-refractivity contribution in [3.05, 3.63) is 22.5 Å². The van der Waals surface area contributed by atoms with Gasteiger partial charge in [-0.1, -0.05) is 0 Å². The van der Waals surface area contributed by atoms with Gasteiger partial charge in [-0.05, 0) is 13.8 Å². The number of amides is 3. The summed E-state index contributed by atoms with van der Waals surface area (Å²) in [6.07, 6.45) is -0.242. The summed E-state index contributed by atoms with van der Waals surface area (Å²) in [5, 5.41) is 0.680. The van der Waals surface area contributed by atoms with Crippen LogP contribution in [0.5, 0.6) is 0 Å². The smallest absolute Gasteiger partial charge is 0.341 e. The van der Waals surface area contributed by atoms with Crippen LogP contribution in [-0.2, 0) is 20.7 Å². The maximum absolute atomic E-state index is 12.1. The average molecular weight is 309 g/mol. The summed E-state index contributed by atoms with van der Waals surface area (Å²) in [4.78, 5) is 47.5. The maximum atomic E-state index is 12.1. The lowest BCUT2D eigenvalue weighted by molar-refractivity contribution is -0.117. The van der Waals surface area contributed by atoms with Gasteiger partial charge >= 0.3 is 18.0 Å². The van der Waals surface area contributed by atoms with Crippen molar-refractivity contribution in [1.82, 2.24) is 4.68 Å². The predicted molar refractivity (Wildman–Crippen MR) is 73.0 cm³/mol. The highest BCUT2D eigenvalue weighted by molar-refractivity contribution is 6.13. The SMILES string of the molecule is CCOC(=O)c1c(C(=O)OC)c2n(c1C)N(C(N)=O)C(=O)C2. The monoisotopic (exact) mass is 309 g/mol. The van der Waals surface area contributed by atoms with Gasteiger partial charge in [-0.25, -0.2) is 19.1 Å². The zero-order valence-corrected chi connectivity index (χ0v) is 12.3.